The molecule has 0 unspecified atom stereocenters. The van der Waals surface area contributed by atoms with Gasteiger partial charge in [0.15, 0.2) is 5.16 Å². The highest BCUT2D eigenvalue weighted by molar-refractivity contribution is 9.10. The molecule has 0 aliphatic heterocycles. The summed E-state index contributed by atoms with van der Waals surface area (Å²) >= 11 is 4.95. The van der Waals surface area contributed by atoms with Gasteiger partial charge in [-0.3, -0.25) is 0 Å². The number of aryl methyl sites for hydroxylation is 1. The van der Waals surface area contributed by atoms with Gasteiger partial charge in [0.2, 0.25) is 0 Å². The van der Waals surface area contributed by atoms with E-state index in [1.165, 1.54) is 11.8 Å². The zero-order valence-electron chi connectivity index (χ0n) is 11.7. The van der Waals surface area contributed by atoms with Gasteiger partial charge in [-0.15, -0.1) is 0 Å². The number of ether oxygens (including phenoxy) is 1. The van der Waals surface area contributed by atoms with Gasteiger partial charge in [0, 0.05) is 16.7 Å². The van der Waals surface area contributed by atoms with Crippen molar-refractivity contribution >= 4 is 38.7 Å². The summed E-state index contributed by atoms with van der Waals surface area (Å²) in [6.45, 7) is 4.67. The van der Waals surface area contributed by atoms with Crippen LogP contribution in [0.2, 0.25) is 0 Å². The number of hydrogen-bond acceptors (Lipinski definition) is 4. The Kier molecular flexibility index (Phi) is 4.17. The lowest BCUT2D eigenvalue weighted by Crippen LogP contribution is -1.90. The van der Waals surface area contributed by atoms with Crippen molar-refractivity contribution < 1.29 is 4.74 Å². The van der Waals surface area contributed by atoms with Crippen LogP contribution in [0.5, 0.6) is 5.75 Å². The third-order valence-electron chi connectivity index (χ3n) is 2.93. The first-order valence-corrected chi connectivity index (χ1v) is 8.19. The SMILES string of the molecule is CCOc1ccc2nc(Sc3ncc(Br)cc3C)[nH]c2c1. The van der Waals surface area contributed by atoms with Crippen molar-refractivity contribution in [3.63, 3.8) is 0 Å². The molecule has 6 heteroatoms. The number of halogens is 1. The number of pyridine rings is 1. The lowest BCUT2D eigenvalue weighted by molar-refractivity contribution is 0.340. The Morgan fingerprint density at radius 3 is 2.95 bits per heavy atom. The van der Waals surface area contributed by atoms with Crippen LogP contribution in [0, 0.1) is 6.92 Å². The second-order valence-corrected chi connectivity index (χ2v) is 6.42. The molecule has 1 aromatic carbocycles. The summed E-state index contributed by atoms with van der Waals surface area (Å²) < 4.78 is 6.48. The molecule has 0 atom stereocenters. The highest BCUT2D eigenvalue weighted by Gasteiger charge is 2.09. The van der Waals surface area contributed by atoms with Gasteiger partial charge < -0.3 is 9.72 Å². The van der Waals surface area contributed by atoms with Crippen molar-refractivity contribution in [1.82, 2.24) is 15.0 Å². The van der Waals surface area contributed by atoms with Gasteiger partial charge in [0.05, 0.1) is 17.6 Å². The molecule has 0 radical (unpaired) electrons. The number of rotatable bonds is 4. The Hall–Kier alpha value is -1.53. The molecule has 1 N–H and O–H groups in total. The van der Waals surface area contributed by atoms with E-state index in [0.29, 0.717) is 6.61 Å². The minimum Gasteiger partial charge on any atom is -0.494 e. The summed E-state index contributed by atoms with van der Waals surface area (Å²) in [7, 11) is 0. The minimum atomic E-state index is 0.656. The lowest BCUT2D eigenvalue weighted by atomic mass is 10.3. The van der Waals surface area contributed by atoms with Crippen LogP contribution in [0.15, 0.2) is 45.1 Å². The zero-order valence-corrected chi connectivity index (χ0v) is 14.1. The van der Waals surface area contributed by atoms with Gasteiger partial charge in [0.1, 0.15) is 10.8 Å². The third-order valence-corrected chi connectivity index (χ3v) is 4.37. The van der Waals surface area contributed by atoms with Gasteiger partial charge in [-0.05, 0) is 65.3 Å². The second kappa shape index (κ2) is 6.07. The van der Waals surface area contributed by atoms with Crippen molar-refractivity contribution in [3.05, 3.63) is 40.5 Å². The Morgan fingerprint density at radius 2 is 2.19 bits per heavy atom. The van der Waals surface area contributed by atoms with Gasteiger partial charge in [-0.1, -0.05) is 0 Å². The Balaban J connectivity index is 1.90. The number of aromatic nitrogens is 3. The van der Waals surface area contributed by atoms with Gasteiger partial charge in [-0.25, -0.2) is 9.97 Å². The number of nitrogens with one attached hydrogen (secondary N) is 1. The van der Waals surface area contributed by atoms with Crippen LogP contribution >= 0.6 is 27.7 Å². The van der Waals surface area contributed by atoms with Crippen LogP contribution in [0.1, 0.15) is 12.5 Å². The lowest BCUT2D eigenvalue weighted by Gasteiger charge is -2.02. The Morgan fingerprint density at radius 1 is 1.33 bits per heavy atom. The maximum Gasteiger partial charge on any atom is 0.172 e. The van der Waals surface area contributed by atoms with Crippen molar-refractivity contribution in [2.45, 2.75) is 24.0 Å². The standard InChI is InChI=1S/C15H14BrN3OS/c1-3-20-11-4-5-12-13(7-11)19-15(18-12)21-14-9(2)6-10(16)8-17-14/h4-8H,3H2,1-2H3,(H,18,19). The first-order chi connectivity index (χ1) is 10.2. The third kappa shape index (κ3) is 3.22. The van der Waals surface area contributed by atoms with E-state index in [2.05, 4.69) is 30.9 Å². The molecule has 0 fully saturated rings. The molecule has 4 nitrogen and oxygen atoms in total. The largest absolute Gasteiger partial charge is 0.494 e. The molecule has 3 rings (SSSR count). The van der Waals surface area contributed by atoms with Crippen LogP contribution in [0.4, 0.5) is 0 Å². The zero-order chi connectivity index (χ0) is 14.8. The molecule has 0 aliphatic rings. The molecule has 0 bridgehead atoms. The molecule has 3 aromatic rings. The molecule has 0 saturated carbocycles. The van der Waals surface area contributed by atoms with Crippen molar-refractivity contribution in [1.29, 1.82) is 0 Å². The van der Waals surface area contributed by atoms with Crippen LogP contribution in [-0.4, -0.2) is 21.6 Å². The number of nitrogens with zero attached hydrogens (tertiary/aromatic N) is 2. The van der Waals surface area contributed by atoms with E-state index >= 15 is 0 Å². The van der Waals surface area contributed by atoms with Crippen LogP contribution in [0.25, 0.3) is 11.0 Å². The Bertz CT molecular complexity index is 788. The van der Waals surface area contributed by atoms with Crippen molar-refractivity contribution in [2.24, 2.45) is 0 Å². The predicted octanol–water partition coefficient (Wildman–Crippen LogP) is 4.58. The van der Waals surface area contributed by atoms with Crippen molar-refractivity contribution in [3.8, 4) is 5.75 Å². The molecule has 2 heterocycles. The van der Waals surface area contributed by atoms with Crippen LogP contribution in [-0.2, 0) is 0 Å². The quantitative estimate of drug-likeness (QED) is 0.736. The topological polar surface area (TPSA) is 50.8 Å². The number of H-pyrrole nitrogens is 1. The predicted molar refractivity (Wildman–Crippen MR) is 88.1 cm³/mol. The first kappa shape index (κ1) is 14.4. The van der Waals surface area contributed by atoms with Gasteiger partial charge in [0.25, 0.3) is 0 Å². The molecule has 0 spiro atoms. The highest BCUT2D eigenvalue weighted by atomic mass is 79.9. The van der Waals surface area contributed by atoms with E-state index < -0.39 is 0 Å². The molecule has 0 amide bonds. The number of hydrogen-bond donors (Lipinski definition) is 1. The van der Waals surface area contributed by atoms with E-state index in [0.717, 1.165) is 37.0 Å². The molecule has 108 valence electrons. The molecule has 21 heavy (non-hydrogen) atoms. The number of imidazole rings is 1. The van der Waals surface area contributed by atoms with E-state index in [-0.39, 0.29) is 0 Å². The Labute approximate surface area is 135 Å². The summed E-state index contributed by atoms with van der Waals surface area (Å²) in [6, 6.07) is 7.91. The molecule has 0 saturated heterocycles. The average Bonchev–Trinajstić information content (AvgIpc) is 2.84. The molecule has 2 aromatic heterocycles. The van der Waals surface area contributed by atoms with E-state index in [1.54, 1.807) is 6.20 Å². The summed E-state index contributed by atoms with van der Waals surface area (Å²) in [5.74, 6) is 0.850. The smallest absolute Gasteiger partial charge is 0.172 e. The average molecular weight is 364 g/mol. The summed E-state index contributed by atoms with van der Waals surface area (Å²) in [4.78, 5) is 12.3. The normalized spacial score (nSPS) is 11.0. The molecule has 0 aliphatic carbocycles. The molecular weight excluding hydrogens is 350 g/mol. The van der Waals surface area contributed by atoms with Crippen molar-refractivity contribution in [2.75, 3.05) is 6.61 Å². The fourth-order valence-electron chi connectivity index (χ4n) is 2.00. The molecular formula is C15H14BrN3OS. The second-order valence-electron chi connectivity index (χ2n) is 4.53. The fraction of sp³-hybridized carbons (Fsp3) is 0.200. The number of fused-ring (bicyclic) bond motifs is 1. The van der Waals surface area contributed by atoms with E-state index in [9.17, 15) is 0 Å². The first-order valence-electron chi connectivity index (χ1n) is 6.58. The summed E-state index contributed by atoms with van der Waals surface area (Å²) in [5, 5.41) is 1.78. The van der Waals surface area contributed by atoms with E-state index in [1.807, 2.05) is 38.1 Å². The maximum atomic E-state index is 5.50. The number of aromatic amines is 1. The highest BCUT2D eigenvalue weighted by Crippen LogP contribution is 2.30. The van der Waals surface area contributed by atoms with Gasteiger partial charge >= 0.3 is 0 Å². The fourth-order valence-corrected chi connectivity index (χ4v) is 3.26. The van der Waals surface area contributed by atoms with Crippen LogP contribution in [0.3, 0.4) is 0 Å². The monoisotopic (exact) mass is 363 g/mol. The van der Waals surface area contributed by atoms with Gasteiger partial charge in [-0.2, -0.15) is 0 Å². The van der Waals surface area contributed by atoms with E-state index in [4.69, 9.17) is 4.74 Å². The summed E-state index contributed by atoms with van der Waals surface area (Å²) in [5.41, 5.74) is 3.01. The minimum absolute atomic E-state index is 0.656. The number of benzene rings is 1. The maximum absolute atomic E-state index is 5.50. The van der Waals surface area contributed by atoms with Crippen LogP contribution < -0.4 is 4.74 Å². The summed E-state index contributed by atoms with van der Waals surface area (Å²) in [6.07, 6.45) is 1.80.